The third-order valence-electron chi connectivity index (χ3n) is 3.28. The molecule has 1 aromatic rings. The maximum absolute atomic E-state index is 4.68. The lowest BCUT2D eigenvalue weighted by Crippen LogP contribution is -2.44. The second kappa shape index (κ2) is 8.21. The molecule has 0 aliphatic carbocycles. The zero-order valence-corrected chi connectivity index (χ0v) is 13.3. The van der Waals surface area contributed by atoms with Gasteiger partial charge >= 0.3 is 0 Å². The fraction of sp³-hybridized carbons (Fsp3) is 0.714. The number of nitrogens with one attached hydrogen (secondary N) is 1. The van der Waals surface area contributed by atoms with Crippen LogP contribution < -0.4 is 10.5 Å². The molecule has 0 bridgehead atoms. The molecular weight excluding hydrogens is 270 g/mol. The fourth-order valence-corrected chi connectivity index (χ4v) is 2.76. The second-order valence-electron chi connectivity index (χ2n) is 5.05. The molecule has 0 amide bonds. The van der Waals surface area contributed by atoms with E-state index in [0.29, 0.717) is 0 Å². The molecule has 0 radical (unpaired) electrons. The Morgan fingerprint density at radius 3 is 2.65 bits per heavy atom. The van der Waals surface area contributed by atoms with Gasteiger partial charge in [0.15, 0.2) is 0 Å². The Kier molecular flexibility index (Phi) is 6.26. The third-order valence-corrected chi connectivity index (χ3v) is 4.02. The Labute approximate surface area is 125 Å². The van der Waals surface area contributed by atoms with Gasteiger partial charge in [-0.2, -0.15) is 0 Å². The highest BCUT2D eigenvalue weighted by Crippen LogP contribution is 2.22. The maximum Gasteiger partial charge on any atom is 0.224 e. The van der Waals surface area contributed by atoms with Gasteiger partial charge in [0.05, 0.1) is 0 Å². The highest BCUT2D eigenvalue weighted by molar-refractivity contribution is 7.13. The average molecular weight is 295 g/mol. The number of anilines is 1. The average Bonchev–Trinajstić information content (AvgIpc) is 3.08. The van der Waals surface area contributed by atoms with Crippen LogP contribution in [0.4, 0.5) is 5.13 Å². The molecule has 0 saturated carbocycles. The number of nitrogens with zero attached hydrogens (tertiary/aromatic N) is 4. The van der Waals surface area contributed by atoms with Crippen molar-refractivity contribution in [3.05, 3.63) is 11.6 Å². The third kappa shape index (κ3) is 4.18. The van der Waals surface area contributed by atoms with Gasteiger partial charge in [-0.05, 0) is 12.8 Å². The predicted molar refractivity (Wildman–Crippen MR) is 85.5 cm³/mol. The number of hydrogen-bond donors (Lipinski definition) is 1. The molecular formula is C14H25N5S. The van der Waals surface area contributed by atoms with Gasteiger partial charge in [0.1, 0.15) is 5.84 Å². The van der Waals surface area contributed by atoms with Crippen LogP contribution >= 0.6 is 11.3 Å². The molecule has 1 aliphatic rings. The van der Waals surface area contributed by atoms with Crippen LogP contribution in [0.1, 0.15) is 58.8 Å². The van der Waals surface area contributed by atoms with Crippen molar-refractivity contribution in [3.8, 4) is 0 Å². The Morgan fingerprint density at radius 1 is 1.15 bits per heavy atom. The summed E-state index contributed by atoms with van der Waals surface area (Å²) in [5.74, 6) is 1.06. The largest absolute Gasteiger partial charge is 0.285 e. The van der Waals surface area contributed by atoms with E-state index in [1.165, 1.54) is 38.5 Å². The molecule has 0 spiro atoms. The van der Waals surface area contributed by atoms with Crippen molar-refractivity contribution in [1.82, 2.24) is 15.5 Å². The normalized spacial score (nSPS) is 15.5. The minimum atomic E-state index is 0.930. The quantitative estimate of drug-likeness (QED) is 0.704. The van der Waals surface area contributed by atoms with Gasteiger partial charge in [-0.1, -0.05) is 39.5 Å². The number of hydrazine groups is 2. The van der Waals surface area contributed by atoms with Crippen LogP contribution in [0.5, 0.6) is 0 Å². The predicted octanol–water partition coefficient (Wildman–Crippen LogP) is 3.77. The van der Waals surface area contributed by atoms with Crippen LogP contribution in [0.3, 0.4) is 0 Å². The minimum absolute atomic E-state index is 0.930. The number of unbranched alkanes of at least 4 members (excludes halogenated alkanes) is 4. The molecule has 0 unspecified atom stereocenters. The number of rotatable bonds is 9. The zero-order chi connectivity index (χ0) is 14.2. The number of thiazole rings is 1. The number of amidine groups is 1. The van der Waals surface area contributed by atoms with Gasteiger partial charge < -0.3 is 0 Å². The Hall–Kier alpha value is -1.14. The molecule has 2 rings (SSSR count). The summed E-state index contributed by atoms with van der Waals surface area (Å²) in [5.41, 5.74) is 3.42. The van der Waals surface area contributed by atoms with Crippen LogP contribution in [0, 0.1) is 0 Å². The molecule has 6 heteroatoms. The van der Waals surface area contributed by atoms with Crippen LogP contribution in [0.15, 0.2) is 16.7 Å². The summed E-state index contributed by atoms with van der Waals surface area (Å²) in [6.07, 6.45) is 10.2. The van der Waals surface area contributed by atoms with Crippen molar-refractivity contribution < 1.29 is 0 Å². The monoisotopic (exact) mass is 295 g/mol. The summed E-state index contributed by atoms with van der Waals surface area (Å²) < 4.78 is 0. The Bertz CT molecular complexity index is 404. The number of aromatic nitrogens is 1. The lowest BCUT2D eigenvalue weighted by Gasteiger charge is -2.23. The maximum atomic E-state index is 4.68. The van der Waals surface area contributed by atoms with Gasteiger partial charge in [-0.15, -0.1) is 26.7 Å². The molecule has 112 valence electrons. The fourth-order valence-electron chi connectivity index (χ4n) is 2.16. The van der Waals surface area contributed by atoms with E-state index in [4.69, 9.17) is 0 Å². The zero-order valence-electron chi connectivity index (χ0n) is 12.5. The smallest absolute Gasteiger partial charge is 0.224 e. The van der Waals surface area contributed by atoms with Crippen molar-refractivity contribution in [3.63, 3.8) is 0 Å². The van der Waals surface area contributed by atoms with Gasteiger partial charge in [-0.3, -0.25) is 5.43 Å². The summed E-state index contributed by atoms with van der Waals surface area (Å²) in [6.45, 7) is 5.42. The highest BCUT2D eigenvalue weighted by atomic mass is 32.1. The molecule has 0 saturated heterocycles. The van der Waals surface area contributed by atoms with E-state index in [9.17, 15) is 0 Å². The van der Waals surface area contributed by atoms with Crippen molar-refractivity contribution in [2.45, 2.75) is 58.8 Å². The first-order valence-corrected chi connectivity index (χ1v) is 8.54. The molecule has 0 aromatic carbocycles. The van der Waals surface area contributed by atoms with E-state index in [2.05, 4.69) is 34.5 Å². The van der Waals surface area contributed by atoms with Crippen LogP contribution in [-0.2, 0) is 0 Å². The summed E-state index contributed by atoms with van der Waals surface area (Å²) in [5, 5.41) is 11.6. The van der Waals surface area contributed by atoms with Crippen molar-refractivity contribution >= 4 is 22.3 Å². The first-order valence-electron chi connectivity index (χ1n) is 7.66. The van der Waals surface area contributed by atoms with Crippen LogP contribution in [-0.4, -0.2) is 22.5 Å². The van der Waals surface area contributed by atoms with E-state index >= 15 is 0 Å². The van der Waals surface area contributed by atoms with Crippen molar-refractivity contribution in [1.29, 1.82) is 0 Å². The van der Waals surface area contributed by atoms with Crippen molar-refractivity contribution in [2.75, 3.05) is 11.7 Å². The molecule has 1 N–H and O–H groups in total. The van der Waals surface area contributed by atoms with Crippen LogP contribution in [0.2, 0.25) is 0 Å². The molecule has 5 nitrogen and oxygen atoms in total. The van der Waals surface area contributed by atoms with Gasteiger partial charge in [0, 0.05) is 24.5 Å². The summed E-state index contributed by atoms with van der Waals surface area (Å²) >= 11 is 1.62. The SMILES string of the molecule is CCCCCC1=NN(c2nccs2)N(CCCCC)N1. The van der Waals surface area contributed by atoms with Gasteiger partial charge in [-0.25, -0.2) is 4.98 Å². The standard InChI is InChI=1S/C14H25N5S/c1-3-5-7-9-13-16-18(11-8-6-4-2)19(17-13)14-15-10-12-20-14/h10,12H,3-9,11H2,1-2H3,(H,16,17). The van der Waals surface area contributed by atoms with E-state index in [-0.39, 0.29) is 0 Å². The van der Waals surface area contributed by atoms with E-state index in [1.807, 2.05) is 16.7 Å². The summed E-state index contributed by atoms with van der Waals surface area (Å²) in [7, 11) is 0. The summed E-state index contributed by atoms with van der Waals surface area (Å²) in [6, 6.07) is 0. The molecule has 1 aromatic heterocycles. The molecule has 20 heavy (non-hydrogen) atoms. The van der Waals surface area contributed by atoms with E-state index in [1.54, 1.807) is 11.3 Å². The molecule has 0 atom stereocenters. The van der Waals surface area contributed by atoms with E-state index < -0.39 is 0 Å². The van der Waals surface area contributed by atoms with Crippen molar-refractivity contribution in [2.24, 2.45) is 5.10 Å². The first-order chi connectivity index (χ1) is 9.85. The Morgan fingerprint density at radius 2 is 1.95 bits per heavy atom. The molecule has 2 heterocycles. The Balaban J connectivity index is 1.94. The number of hydrazone groups is 1. The number of hydrogen-bond acceptors (Lipinski definition) is 6. The van der Waals surface area contributed by atoms with Gasteiger partial charge in [0.25, 0.3) is 0 Å². The minimum Gasteiger partial charge on any atom is -0.285 e. The topological polar surface area (TPSA) is 43.8 Å². The highest BCUT2D eigenvalue weighted by Gasteiger charge is 2.25. The second-order valence-corrected chi connectivity index (χ2v) is 5.92. The van der Waals surface area contributed by atoms with Gasteiger partial charge in [0.2, 0.25) is 5.13 Å². The lowest BCUT2D eigenvalue weighted by molar-refractivity contribution is 0.230. The van der Waals surface area contributed by atoms with Crippen LogP contribution in [0.25, 0.3) is 0 Å². The van der Waals surface area contributed by atoms with E-state index in [0.717, 1.165) is 23.9 Å². The lowest BCUT2D eigenvalue weighted by atomic mass is 10.2. The molecule has 1 aliphatic heterocycles. The molecule has 0 fully saturated rings. The first kappa shape index (κ1) is 15.3. The summed E-state index contributed by atoms with van der Waals surface area (Å²) in [4.78, 5) is 4.36.